The summed E-state index contributed by atoms with van der Waals surface area (Å²) in [5.41, 5.74) is 1.31. The van der Waals surface area contributed by atoms with Gasteiger partial charge in [-0.1, -0.05) is 20.8 Å². The summed E-state index contributed by atoms with van der Waals surface area (Å²) in [6.45, 7) is 7.20. The Kier molecular flexibility index (Phi) is 2.51. The maximum absolute atomic E-state index is 13.8. The van der Waals surface area contributed by atoms with Crippen molar-refractivity contribution in [1.82, 2.24) is 4.98 Å². The van der Waals surface area contributed by atoms with Gasteiger partial charge in [0.25, 0.3) is 0 Å². The summed E-state index contributed by atoms with van der Waals surface area (Å²) in [5, 5.41) is 0. The van der Waals surface area contributed by atoms with E-state index in [0.29, 0.717) is 18.8 Å². The van der Waals surface area contributed by atoms with Gasteiger partial charge in [-0.15, -0.1) is 0 Å². The van der Waals surface area contributed by atoms with Gasteiger partial charge in [0, 0.05) is 22.9 Å². The van der Waals surface area contributed by atoms with Crippen LogP contribution >= 0.6 is 0 Å². The molecule has 82 valence electrons. The zero-order valence-electron chi connectivity index (χ0n) is 9.38. The number of pyridine rings is 1. The highest BCUT2D eigenvalue weighted by molar-refractivity contribution is 5.28. The second-order valence-corrected chi connectivity index (χ2v) is 4.80. The predicted octanol–water partition coefficient (Wildman–Crippen LogP) is 2.63. The molecule has 1 aliphatic rings. The summed E-state index contributed by atoms with van der Waals surface area (Å²) in [6, 6.07) is 1.55. The molecule has 2 nitrogen and oxygen atoms in total. The number of halogens is 1. The molecule has 15 heavy (non-hydrogen) atoms. The fourth-order valence-corrected chi connectivity index (χ4v) is 1.77. The van der Waals surface area contributed by atoms with Crippen LogP contribution in [0.25, 0.3) is 0 Å². The third-order valence-electron chi connectivity index (χ3n) is 2.96. The molecule has 1 saturated heterocycles. The summed E-state index contributed by atoms with van der Waals surface area (Å²) >= 11 is 0. The molecule has 0 bridgehead atoms. The quantitative estimate of drug-likeness (QED) is 0.747. The Morgan fingerprint density at radius 1 is 1.47 bits per heavy atom. The van der Waals surface area contributed by atoms with Gasteiger partial charge in [-0.25, -0.2) is 4.39 Å². The van der Waals surface area contributed by atoms with E-state index in [1.54, 1.807) is 12.3 Å². The average Bonchev–Trinajstić information content (AvgIpc) is 2.14. The largest absolute Gasteiger partial charge is 0.379 e. The number of ether oxygens (including phenoxy) is 1. The van der Waals surface area contributed by atoms with Gasteiger partial charge in [0.15, 0.2) is 0 Å². The van der Waals surface area contributed by atoms with Gasteiger partial charge >= 0.3 is 0 Å². The zero-order valence-corrected chi connectivity index (χ0v) is 9.38. The molecule has 0 amide bonds. The first-order chi connectivity index (χ1) is 7.03. The highest BCUT2D eigenvalue weighted by Gasteiger charge is 2.37. The van der Waals surface area contributed by atoms with Crippen molar-refractivity contribution in [3.8, 4) is 0 Å². The van der Waals surface area contributed by atoms with E-state index in [0.717, 1.165) is 5.69 Å². The highest BCUT2D eigenvalue weighted by atomic mass is 19.1. The van der Waals surface area contributed by atoms with Crippen molar-refractivity contribution in [1.29, 1.82) is 0 Å². The molecule has 0 radical (unpaired) electrons. The van der Waals surface area contributed by atoms with Crippen LogP contribution in [0.5, 0.6) is 0 Å². The number of hydrogen-bond acceptors (Lipinski definition) is 2. The van der Waals surface area contributed by atoms with Crippen LogP contribution in [0.2, 0.25) is 0 Å². The summed E-state index contributed by atoms with van der Waals surface area (Å²) in [5.74, 6) is 0.110. The molecule has 1 aromatic heterocycles. The van der Waals surface area contributed by atoms with Crippen LogP contribution in [0, 0.1) is 5.82 Å². The van der Waals surface area contributed by atoms with Gasteiger partial charge in [-0.2, -0.15) is 0 Å². The first-order valence-electron chi connectivity index (χ1n) is 5.26. The lowest BCUT2D eigenvalue weighted by atomic mass is 9.81. The minimum absolute atomic E-state index is 0.153. The predicted molar refractivity (Wildman–Crippen MR) is 56.5 cm³/mol. The van der Waals surface area contributed by atoms with Crippen molar-refractivity contribution in [2.75, 3.05) is 13.2 Å². The van der Waals surface area contributed by atoms with Gasteiger partial charge in [0.05, 0.1) is 13.2 Å². The average molecular weight is 209 g/mol. The molecule has 0 unspecified atom stereocenters. The lowest BCUT2D eigenvalue weighted by molar-refractivity contribution is -0.0517. The molecule has 2 heterocycles. The van der Waals surface area contributed by atoms with Gasteiger partial charge in [0.2, 0.25) is 0 Å². The molecular formula is C12H16FNO. The number of rotatable bonds is 2. The Morgan fingerprint density at radius 2 is 2.13 bits per heavy atom. The van der Waals surface area contributed by atoms with Crippen molar-refractivity contribution in [2.45, 2.75) is 32.1 Å². The molecule has 1 fully saturated rings. The van der Waals surface area contributed by atoms with Crippen LogP contribution in [0.4, 0.5) is 4.39 Å². The third-order valence-corrected chi connectivity index (χ3v) is 2.96. The van der Waals surface area contributed by atoms with Crippen molar-refractivity contribution in [3.63, 3.8) is 0 Å². The van der Waals surface area contributed by atoms with Crippen LogP contribution in [0.15, 0.2) is 12.3 Å². The Hall–Kier alpha value is -0.960. The van der Waals surface area contributed by atoms with Gasteiger partial charge < -0.3 is 4.74 Å². The molecule has 0 saturated carbocycles. The molecule has 0 atom stereocenters. The van der Waals surface area contributed by atoms with E-state index in [4.69, 9.17) is 4.74 Å². The van der Waals surface area contributed by atoms with E-state index < -0.39 is 0 Å². The van der Waals surface area contributed by atoms with Gasteiger partial charge in [0.1, 0.15) is 5.82 Å². The van der Waals surface area contributed by atoms with E-state index in [9.17, 15) is 4.39 Å². The van der Waals surface area contributed by atoms with Gasteiger partial charge in [-0.3, -0.25) is 4.98 Å². The molecule has 0 spiro atoms. The van der Waals surface area contributed by atoms with Gasteiger partial charge in [-0.05, 0) is 12.0 Å². The second-order valence-electron chi connectivity index (χ2n) is 4.80. The second kappa shape index (κ2) is 3.56. The van der Waals surface area contributed by atoms with E-state index in [2.05, 4.69) is 4.98 Å². The standard InChI is InChI=1S/C12H16FNO/c1-8(2)11-4-10(13)9(5-14-11)12(3)6-15-7-12/h4-5,8H,6-7H2,1-3H3. The lowest BCUT2D eigenvalue weighted by Crippen LogP contribution is -2.44. The van der Waals surface area contributed by atoms with Crippen molar-refractivity contribution in [3.05, 3.63) is 29.3 Å². The fraction of sp³-hybridized carbons (Fsp3) is 0.583. The minimum atomic E-state index is -0.174. The molecule has 0 N–H and O–H groups in total. The van der Waals surface area contributed by atoms with E-state index in [-0.39, 0.29) is 17.2 Å². The fourth-order valence-electron chi connectivity index (χ4n) is 1.77. The molecule has 3 heteroatoms. The van der Waals surface area contributed by atoms with Crippen molar-refractivity contribution in [2.24, 2.45) is 0 Å². The molecule has 0 aliphatic carbocycles. The smallest absolute Gasteiger partial charge is 0.130 e. The summed E-state index contributed by atoms with van der Waals surface area (Å²) in [4.78, 5) is 4.29. The van der Waals surface area contributed by atoms with Crippen LogP contribution in [-0.2, 0) is 10.2 Å². The number of aromatic nitrogens is 1. The third kappa shape index (κ3) is 1.76. The van der Waals surface area contributed by atoms with E-state index >= 15 is 0 Å². The van der Waals surface area contributed by atoms with Crippen LogP contribution < -0.4 is 0 Å². The lowest BCUT2D eigenvalue weighted by Gasteiger charge is -2.38. The van der Waals surface area contributed by atoms with Crippen LogP contribution in [-0.4, -0.2) is 18.2 Å². The summed E-state index contributed by atoms with van der Waals surface area (Å²) < 4.78 is 19.0. The number of nitrogens with zero attached hydrogens (tertiary/aromatic N) is 1. The Bertz CT molecular complexity index is 372. The first-order valence-corrected chi connectivity index (χ1v) is 5.26. The molecule has 1 aromatic rings. The van der Waals surface area contributed by atoms with Crippen LogP contribution in [0.3, 0.4) is 0 Å². The molecule has 0 aromatic carbocycles. The summed E-state index contributed by atoms with van der Waals surface area (Å²) in [7, 11) is 0. The molecule has 2 rings (SSSR count). The van der Waals surface area contributed by atoms with Crippen molar-refractivity contribution < 1.29 is 9.13 Å². The maximum Gasteiger partial charge on any atom is 0.130 e. The Labute approximate surface area is 89.5 Å². The summed E-state index contributed by atoms with van der Waals surface area (Å²) in [6.07, 6.45) is 1.66. The SMILES string of the molecule is CC(C)c1cc(F)c(C2(C)COC2)cn1. The topological polar surface area (TPSA) is 22.1 Å². The Morgan fingerprint density at radius 3 is 2.53 bits per heavy atom. The first kappa shape index (κ1) is 10.6. The Balaban J connectivity index is 2.34. The monoisotopic (exact) mass is 209 g/mol. The highest BCUT2D eigenvalue weighted by Crippen LogP contribution is 2.33. The normalized spacial score (nSPS) is 19.0. The van der Waals surface area contributed by atoms with E-state index in [1.807, 2.05) is 20.8 Å². The number of hydrogen-bond donors (Lipinski definition) is 0. The molecular weight excluding hydrogens is 193 g/mol. The van der Waals surface area contributed by atoms with E-state index in [1.165, 1.54) is 0 Å². The molecule has 1 aliphatic heterocycles. The van der Waals surface area contributed by atoms with Crippen molar-refractivity contribution >= 4 is 0 Å². The zero-order chi connectivity index (χ0) is 11.1. The maximum atomic E-state index is 13.8. The van der Waals surface area contributed by atoms with Crippen LogP contribution in [0.1, 0.15) is 37.9 Å². The minimum Gasteiger partial charge on any atom is -0.379 e.